The van der Waals surface area contributed by atoms with Crippen molar-refractivity contribution in [2.45, 2.75) is 19.4 Å². The summed E-state index contributed by atoms with van der Waals surface area (Å²) < 4.78 is 47.7. The summed E-state index contributed by atoms with van der Waals surface area (Å²) in [5.41, 5.74) is 2.44. The van der Waals surface area contributed by atoms with E-state index in [9.17, 15) is 18.0 Å². The lowest BCUT2D eigenvalue weighted by Gasteiger charge is -2.13. The van der Waals surface area contributed by atoms with Crippen molar-refractivity contribution in [2.24, 2.45) is 0 Å². The first kappa shape index (κ1) is 24.3. The molecule has 4 aromatic rings. The normalized spacial score (nSPS) is 11.7. The van der Waals surface area contributed by atoms with E-state index in [4.69, 9.17) is 4.74 Å². The Bertz CT molecular complexity index is 1370. The number of alkyl halides is 3. The lowest BCUT2D eigenvalue weighted by atomic mass is 10.1. The molecule has 0 saturated carbocycles. The minimum Gasteiger partial charge on any atom is -0.428 e. The Balaban J connectivity index is 1.39. The number of benzene rings is 3. The summed E-state index contributed by atoms with van der Waals surface area (Å²) in [5.74, 6) is 5.69. The standard InChI is InChI=1S/C26H19F3N4O3/c1-2-6-23(18-7-4-3-5-8-18)35-25(34)31-20-11-9-19(10-12-20)24-30-17-33(32-24)21-13-15-22(16-14-21)36-26(27,28)29/h3-5,7-17,23H,1H3,(H,31,34). The van der Waals surface area contributed by atoms with Gasteiger partial charge in [-0.05, 0) is 55.5 Å². The number of rotatable bonds is 6. The monoisotopic (exact) mass is 492 g/mol. The molecular weight excluding hydrogens is 473 g/mol. The first-order valence-electron chi connectivity index (χ1n) is 10.6. The third-order valence-corrected chi connectivity index (χ3v) is 4.82. The molecule has 10 heteroatoms. The fourth-order valence-electron chi connectivity index (χ4n) is 3.22. The molecule has 1 unspecified atom stereocenters. The van der Waals surface area contributed by atoms with Crippen LogP contribution in [0, 0.1) is 11.8 Å². The molecule has 0 aliphatic heterocycles. The molecule has 0 aliphatic carbocycles. The van der Waals surface area contributed by atoms with E-state index in [1.54, 1.807) is 31.2 Å². The molecule has 1 amide bonds. The second kappa shape index (κ2) is 10.7. The van der Waals surface area contributed by atoms with Crippen LogP contribution in [0.15, 0.2) is 85.2 Å². The van der Waals surface area contributed by atoms with E-state index in [1.807, 2.05) is 30.3 Å². The van der Waals surface area contributed by atoms with Gasteiger partial charge >= 0.3 is 12.5 Å². The molecule has 4 rings (SSSR count). The van der Waals surface area contributed by atoms with Crippen LogP contribution in [0.25, 0.3) is 17.1 Å². The van der Waals surface area contributed by atoms with Gasteiger partial charge in [-0.25, -0.2) is 14.5 Å². The Hall–Kier alpha value is -4.78. The number of aromatic nitrogens is 3. The van der Waals surface area contributed by atoms with Crippen LogP contribution in [0.4, 0.5) is 23.7 Å². The molecule has 0 spiro atoms. The predicted molar refractivity (Wildman–Crippen MR) is 126 cm³/mol. The van der Waals surface area contributed by atoms with Crippen molar-refractivity contribution < 1.29 is 27.4 Å². The fraction of sp³-hybridized carbons (Fsp3) is 0.115. The lowest BCUT2D eigenvalue weighted by Crippen LogP contribution is -2.17. The topological polar surface area (TPSA) is 78.3 Å². The van der Waals surface area contributed by atoms with Crippen LogP contribution in [0.3, 0.4) is 0 Å². The van der Waals surface area contributed by atoms with Crippen molar-refractivity contribution in [3.63, 3.8) is 0 Å². The molecule has 1 atom stereocenters. The Labute approximate surface area is 204 Å². The lowest BCUT2D eigenvalue weighted by molar-refractivity contribution is -0.274. The van der Waals surface area contributed by atoms with Crippen LogP contribution < -0.4 is 10.1 Å². The summed E-state index contributed by atoms with van der Waals surface area (Å²) in [7, 11) is 0. The highest BCUT2D eigenvalue weighted by Crippen LogP contribution is 2.24. The Morgan fingerprint density at radius 2 is 1.69 bits per heavy atom. The van der Waals surface area contributed by atoms with Crippen LogP contribution in [-0.2, 0) is 4.74 Å². The molecule has 182 valence electrons. The highest BCUT2D eigenvalue weighted by molar-refractivity contribution is 5.85. The van der Waals surface area contributed by atoms with Gasteiger partial charge in [-0.2, -0.15) is 0 Å². The first-order chi connectivity index (χ1) is 17.3. The van der Waals surface area contributed by atoms with E-state index >= 15 is 0 Å². The van der Waals surface area contributed by atoms with Gasteiger partial charge in [0.15, 0.2) is 11.9 Å². The Morgan fingerprint density at radius 3 is 2.33 bits per heavy atom. The fourth-order valence-corrected chi connectivity index (χ4v) is 3.22. The van der Waals surface area contributed by atoms with Crippen molar-refractivity contribution in [1.29, 1.82) is 0 Å². The number of amides is 1. The van der Waals surface area contributed by atoms with Gasteiger partial charge in [-0.3, -0.25) is 5.32 Å². The maximum absolute atomic E-state index is 12.4. The zero-order valence-electron chi connectivity index (χ0n) is 18.9. The van der Waals surface area contributed by atoms with Gasteiger partial charge in [0, 0.05) is 16.8 Å². The van der Waals surface area contributed by atoms with Crippen LogP contribution in [0.1, 0.15) is 18.6 Å². The third-order valence-electron chi connectivity index (χ3n) is 4.82. The average Bonchev–Trinajstić information content (AvgIpc) is 3.35. The maximum Gasteiger partial charge on any atom is 0.573 e. The largest absolute Gasteiger partial charge is 0.573 e. The van der Waals surface area contributed by atoms with Crippen molar-refractivity contribution in [3.05, 3.63) is 90.8 Å². The smallest absolute Gasteiger partial charge is 0.428 e. The molecular formula is C26H19F3N4O3. The summed E-state index contributed by atoms with van der Waals surface area (Å²) in [6.07, 6.45) is -4.67. The van der Waals surface area contributed by atoms with Gasteiger partial charge < -0.3 is 9.47 Å². The molecule has 7 nitrogen and oxygen atoms in total. The summed E-state index contributed by atoms with van der Waals surface area (Å²) in [5, 5.41) is 7.02. The van der Waals surface area contributed by atoms with Gasteiger partial charge in [-0.15, -0.1) is 24.2 Å². The zero-order valence-corrected chi connectivity index (χ0v) is 18.9. The minimum atomic E-state index is -4.76. The molecule has 0 saturated heterocycles. The van der Waals surface area contributed by atoms with E-state index in [1.165, 1.54) is 35.3 Å². The first-order valence-corrected chi connectivity index (χ1v) is 10.6. The highest BCUT2D eigenvalue weighted by atomic mass is 19.4. The second-order valence-corrected chi connectivity index (χ2v) is 7.35. The second-order valence-electron chi connectivity index (χ2n) is 7.35. The molecule has 0 aliphatic rings. The van der Waals surface area contributed by atoms with Gasteiger partial charge in [0.05, 0.1) is 5.69 Å². The van der Waals surface area contributed by atoms with E-state index in [2.05, 4.69) is 32.0 Å². The van der Waals surface area contributed by atoms with E-state index in [0.717, 1.165) is 5.56 Å². The zero-order chi connectivity index (χ0) is 25.5. The maximum atomic E-state index is 12.4. The number of anilines is 1. The van der Waals surface area contributed by atoms with Crippen LogP contribution in [0.5, 0.6) is 5.75 Å². The molecule has 1 heterocycles. The van der Waals surface area contributed by atoms with E-state index in [-0.39, 0.29) is 5.75 Å². The molecule has 0 fully saturated rings. The van der Waals surface area contributed by atoms with Crippen LogP contribution in [0.2, 0.25) is 0 Å². The van der Waals surface area contributed by atoms with Crippen LogP contribution >= 0.6 is 0 Å². The van der Waals surface area contributed by atoms with Crippen molar-refractivity contribution in [3.8, 4) is 34.7 Å². The Kier molecular flexibility index (Phi) is 7.20. The molecule has 0 bridgehead atoms. The number of halogens is 3. The van der Waals surface area contributed by atoms with Crippen molar-refractivity contribution in [2.75, 3.05) is 5.32 Å². The summed E-state index contributed by atoms with van der Waals surface area (Å²) in [4.78, 5) is 16.6. The van der Waals surface area contributed by atoms with Gasteiger partial charge in [-0.1, -0.05) is 36.3 Å². The molecule has 1 aromatic heterocycles. The summed E-state index contributed by atoms with van der Waals surface area (Å²) in [6.45, 7) is 1.67. The summed E-state index contributed by atoms with van der Waals surface area (Å²) in [6, 6.07) is 21.2. The number of hydrogen-bond donors (Lipinski definition) is 1. The molecule has 36 heavy (non-hydrogen) atoms. The number of nitrogens with one attached hydrogen (secondary N) is 1. The SMILES string of the molecule is CC#CC(OC(=O)Nc1ccc(-c2ncn(-c3ccc(OC(F)(F)F)cc3)n2)cc1)c1ccccc1. The highest BCUT2D eigenvalue weighted by Gasteiger charge is 2.31. The van der Waals surface area contributed by atoms with E-state index in [0.29, 0.717) is 22.8 Å². The molecule has 3 aromatic carbocycles. The van der Waals surface area contributed by atoms with Crippen LogP contribution in [-0.4, -0.2) is 27.2 Å². The minimum absolute atomic E-state index is 0.329. The quantitative estimate of drug-likeness (QED) is 0.327. The van der Waals surface area contributed by atoms with Gasteiger partial charge in [0.25, 0.3) is 0 Å². The van der Waals surface area contributed by atoms with Gasteiger partial charge in [0.2, 0.25) is 0 Å². The molecule has 0 radical (unpaired) electrons. The van der Waals surface area contributed by atoms with Crippen molar-refractivity contribution >= 4 is 11.8 Å². The molecule has 1 N–H and O–H groups in total. The van der Waals surface area contributed by atoms with Crippen molar-refractivity contribution in [1.82, 2.24) is 14.8 Å². The third kappa shape index (κ3) is 6.42. The average molecular weight is 492 g/mol. The van der Waals surface area contributed by atoms with Gasteiger partial charge in [0.1, 0.15) is 12.1 Å². The van der Waals surface area contributed by atoms with E-state index < -0.39 is 18.6 Å². The number of carbonyl (C=O) groups is 1. The number of carbonyl (C=O) groups excluding carboxylic acids is 1. The number of nitrogens with zero attached hydrogens (tertiary/aromatic N) is 3. The summed E-state index contributed by atoms with van der Waals surface area (Å²) >= 11 is 0. The Morgan fingerprint density at radius 1 is 1.00 bits per heavy atom. The predicted octanol–water partition coefficient (Wildman–Crippen LogP) is 6.15. The number of hydrogen-bond acceptors (Lipinski definition) is 5. The number of ether oxygens (including phenoxy) is 2.